The van der Waals surface area contributed by atoms with E-state index in [0.29, 0.717) is 11.3 Å². The van der Waals surface area contributed by atoms with E-state index in [2.05, 4.69) is 15.6 Å². The van der Waals surface area contributed by atoms with Crippen LogP contribution in [0, 0.1) is 0 Å². The SMILES string of the molecule is O=C(NC1CC1)c1ccccc1NC(=O)c1cccnc1Cl. The molecule has 0 spiro atoms. The molecule has 22 heavy (non-hydrogen) atoms. The highest BCUT2D eigenvalue weighted by Crippen LogP contribution is 2.22. The Kier molecular flexibility index (Phi) is 4.06. The van der Waals surface area contributed by atoms with Crippen molar-refractivity contribution in [3.63, 3.8) is 0 Å². The van der Waals surface area contributed by atoms with Gasteiger partial charge in [0, 0.05) is 12.2 Å². The number of benzene rings is 1. The van der Waals surface area contributed by atoms with Gasteiger partial charge in [0.1, 0.15) is 5.15 Å². The van der Waals surface area contributed by atoms with Crippen molar-refractivity contribution in [3.8, 4) is 0 Å². The summed E-state index contributed by atoms with van der Waals surface area (Å²) in [7, 11) is 0. The van der Waals surface area contributed by atoms with Gasteiger partial charge in [0.05, 0.1) is 16.8 Å². The summed E-state index contributed by atoms with van der Waals surface area (Å²) in [5, 5.41) is 5.75. The van der Waals surface area contributed by atoms with Crippen LogP contribution in [0.5, 0.6) is 0 Å². The zero-order valence-electron chi connectivity index (χ0n) is 11.7. The van der Waals surface area contributed by atoms with Gasteiger partial charge in [-0.15, -0.1) is 0 Å². The number of rotatable bonds is 4. The number of hydrogen-bond acceptors (Lipinski definition) is 3. The molecule has 2 amide bonds. The van der Waals surface area contributed by atoms with Gasteiger partial charge in [0.2, 0.25) is 0 Å². The van der Waals surface area contributed by atoms with Crippen molar-refractivity contribution >= 4 is 29.1 Å². The first-order valence-electron chi connectivity index (χ1n) is 6.97. The lowest BCUT2D eigenvalue weighted by Crippen LogP contribution is -2.27. The van der Waals surface area contributed by atoms with E-state index in [4.69, 9.17) is 11.6 Å². The summed E-state index contributed by atoms with van der Waals surface area (Å²) in [6.07, 6.45) is 3.52. The summed E-state index contributed by atoms with van der Waals surface area (Å²) in [6, 6.07) is 10.3. The molecule has 112 valence electrons. The Morgan fingerprint density at radius 3 is 2.50 bits per heavy atom. The second-order valence-electron chi connectivity index (χ2n) is 5.09. The Balaban J connectivity index is 1.81. The highest BCUT2D eigenvalue weighted by molar-refractivity contribution is 6.33. The predicted octanol–water partition coefficient (Wildman–Crippen LogP) is 2.88. The molecule has 0 aliphatic heterocycles. The molecule has 1 heterocycles. The number of nitrogens with zero attached hydrogens (tertiary/aromatic N) is 1. The number of hydrogen-bond donors (Lipinski definition) is 2. The lowest BCUT2D eigenvalue weighted by Gasteiger charge is -2.11. The molecule has 1 aliphatic carbocycles. The zero-order chi connectivity index (χ0) is 15.5. The normalized spacial score (nSPS) is 13.5. The van der Waals surface area contributed by atoms with E-state index in [1.807, 2.05) is 0 Å². The van der Waals surface area contributed by atoms with Crippen molar-refractivity contribution in [1.29, 1.82) is 0 Å². The van der Waals surface area contributed by atoms with Crippen molar-refractivity contribution in [1.82, 2.24) is 10.3 Å². The average molecular weight is 316 g/mol. The molecular formula is C16H14ClN3O2. The van der Waals surface area contributed by atoms with Crippen molar-refractivity contribution in [2.24, 2.45) is 0 Å². The number of nitrogens with one attached hydrogen (secondary N) is 2. The molecular weight excluding hydrogens is 302 g/mol. The summed E-state index contributed by atoms with van der Waals surface area (Å²) in [5.74, 6) is -0.583. The monoisotopic (exact) mass is 315 g/mol. The van der Waals surface area contributed by atoms with Crippen molar-refractivity contribution < 1.29 is 9.59 Å². The van der Waals surface area contributed by atoms with Gasteiger partial charge in [-0.1, -0.05) is 23.7 Å². The molecule has 3 rings (SSSR count). The first-order valence-corrected chi connectivity index (χ1v) is 7.34. The predicted molar refractivity (Wildman–Crippen MR) is 84.1 cm³/mol. The standard InChI is InChI=1S/C16H14ClN3O2/c17-14-12(5-3-9-18-14)16(22)20-13-6-2-1-4-11(13)15(21)19-10-7-8-10/h1-6,9-10H,7-8H2,(H,19,21)(H,20,22). The van der Waals surface area contributed by atoms with Crippen molar-refractivity contribution in [2.45, 2.75) is 18.9 Å². The molecule has 1 aliphatic rings. The third-order valence-electron chi connectivity index (χ3n) is 3.34. The minimum Gasteiger partial charge on any atom is -0.349 e. The van der Waals surface area contributed by atoms with E-state index < -0.39 is 5.91 Å². The first kappa shape index (κ1) is 14.5. The number of para-hydroxylation sites is 1. The van der Waals surface area contributed by atoms with Crippen LogP contribution in [-0.2, 0) is 0 Å². The number of pyridine rings is 1. The second kappa shape index (κ2) is 6.15. The summed E-state index contributed by atoms with van der Waals surface area (Å²) in [6.45, 7) is 0. The van der Waals surface area contributed by atoms with Crippen LogP contribution in [0.25, 0.3) is 0 Å². The summed E-state index contributed by atoms with van der Waals surface area (Å²) >= 11 is 5.91. The van der Waals surface area contributed by atoms with Gasteiger partial charge < -0.3 is 10.6 Å². The first-order chi connectivity index (χ1) is 10.6. The van der Waals surface area contributed by atoms with Gasteiger partial charge in [-0.25, -0.2) is 4.98 Å². The van der Waals surface area contributed by atoms with Crippen LogP contribution < -0.4 is 10.6 Å². The van der Waals surface area contributed by atoms with Crippen molar-refractivity contribution in [3.05, 3.63) is 58.9 Å². The maximum Gasteiger partial charge on any atom is 0.258 e. The molecule has 1 saturated carbocycles. The quantitative estimate of drug-likeness (QED) is 0.852. The Labute approximate surface area is 132 Å². The van der Waals surface area contributed by atoms with Gasteiger partial charge in [-0.05, 0) is 37.1 Å². The van der Waals surface area contributed by atoms with Crippen LogP contribution in [0.15, 0.2) is 42.6 Å². The van der Waals surface area contributed by atoms with E-state index >= 15 is 0 Å². The Hall–Kier alpha value is -2.40. The van der Waals surface area contributed by atoms with E-state index in [-0.39, 0.29) is 22.7 Å². The van der Waals surface area contributed by atoms with E-state index in [9.17, 15) is 9.59 Å². The molecule has 6 heteroatoms. The molecule has 2 aromatic rings. The van der Waals surface area contributed by atoms with E-state index in [1.54, 1.807) is 36.4 Å². The fourth-order valence-corrected chi connectivity index (χ4v) is 2.23. The molecule has 0 unspecified atom stereocenters. The van der Waals surface area contributed by atoms with Gasteiger partial charge in [-0.3, -0.25) is 9.59 Å². The number of aromatic nitrogens is 1. The van der Waals surface area contributed by atoms with Crippen LogP contribution in [-0.4, -0.2) is 22.8 Å². The zero-order valence-corrected chi connectivity index (χ0v) is 12.4. The number of carbonyl (C=O) groups excluding carboxylic acids is 2. The van der Waals surface area contributed by atoms with E-state index in [0.717, 1.165) is 12.8 Å². The van der Waals surface area contributed by atoms with Gasteiger partial charge in [0.15, 0.2) is 0 Å². The summed E-state index contributed by atoms with van der Waals surface area (Å²) in [4.78, 5) is 28.3. The highest BCUT2D eigenvalue weighted by atomic mass is 35.5. The van der Waals surface area contributed by atoms with E-state index in [1.165, 1.54) is 6.20 Å². The number of carbonyl (C=O) groups is 2. The number of halogens is 1. The number of amides is 2. The average Bonchev–Trinajstić information content (AvgIpc) is 3.32. The molecule has 0 radical (unpaired) electrons. The molecule has 1 aromatic heterocycles. The lowest BCUT2D eigenvalue weighted by atomic mass is 10.1. The van der Waals surface area contributed by atoms with Crippen LogP contribution >= 0.6 is 11.6 Å². The maximum absolute atomic E-state index is 12.3. The van der Waals surface area contributed by atoms with Crippen LogP contribution in [0.2, 0.25) is 5.15 Å². The number of anilines is 1. The third-order valence-corrected chi connectivity index (χ3v) is 3.64. The Bertz CT molecular complexity index is 729. The second-order valence-corrected chi connectivity index (χ2v) is 5.45. The molecule has 5 nitrogen and oxygen atoms in total. The maximum atomic E-state index is 12.3. The smallest absolute Gasteiger partial charge is 0.258 e. The summed E-state index contributed by atoms with van der Waals surface area (Å²) < 4.78 is 0. The summed E-state index contributed by atoms with van der Waals surface area (Å²) in [5.41, 5.74) is 1.15. The Morgan fingerprint density at radius 1 is 1.05 bits per heavy atom. The lowest BCUT2D eigenvalue weighted by molar-refractivity contribution is 0.0952. The fourth-order valence-electron chi connectivity index (χ4n) is 2.03. The molecule has 0 saturated heterocycles. The largest absolute Gasteiger partial charge is 0.349 e. The molecule has 0 atom stereocenters. The van der Waals surface area contributed by atoms with Gasteiger partial charge in [0.25, 0.3) is 11.8 Å². The van der Waals surface area contributed by atoms with Crippen LogP contribution in [0.3, 0.4) is 0 Å². The van der Waals surface area contributed by atoms with Gasteiger partial charge in [-0.2, -0.15) is 0 Å². The van der Waals surface area contributed by atoms with Crippen LogP contribution in [0.1, 0.15) is 33.6 Å². The molecule has 0 bridgehead atoms. The highest BCUT2D eigenvalue weighted by Gasteiger charge is 2.25. The topological polar surface area (TPSA) is 71.1 Å². The Morgan fingerprint density at radius 2 is 1.77 bits per heavy atom. The minimum absolute atomic E-state index is 0.125. The molecule has 1 fully saturated rings. The molecule has 2 N–H and O–H groups in total. The van der Waals surface area contributed by atoms with Crippen LogP contribution in [0.4, 0.5) is 5.69 Å². The van der Waals surface area contributed by atoms with Gasteiger partial charge >= 0.3 is 0 Å². The fraction of sp³-hybridized carbons (Fsp3) is 0.188. The van der Waals surface area contributed by atoms with Crippen molar-refractivity contribution in [2.75, 3.05) is 5.32 Å². The minimum atomic E-state index is -0.398. The molecule has 1 aromatic carbocycles. The third kappa shape index (κ3) is 3.26.